The average molecular weight is 284 g/mol. The molecule has 0 spiro atoms. The number of carbonyl (C=O) groups is 1. The molecule has 4 nitrogen and oxygen atoms in total. The van der Waals surface area contributed by atoms with Crippen LogP contribution in [0.4, 0.5) is 5.69 Å². The quantitative estimate of drug-likeness (QED) is 0.859. The van der Waals surface area contributed by atoms with Crippen LogP contribution in [-0.4, -0.2) is 31.5 Å². The van der Waals surface area contributed by atoms with Crippen LogP contribution >= 0.6 is 0 Å². The number of anilines is 1. The number of carbonyl (C=O) groups excluding carboxylic acids is 1. The molecule has 21 heavy (non-hydrogen) atoms. The number of likely N-dealkylation sites (N-methyl/N-ethyl adjacent to an activating group) is 1. The molecule has 4 heteroatoms. The summed E-state index contributed by atoms with van der Waals surface area (Å²) in [4.78, 5) is 14.2. The van der Waals surface area contributed by atoms with Crippen LogP contribution in [0.3, 0.4) is 0 Å². The third-order valence-electron chi connectivity index (χ3n) is 3.41. The lowest BCUT2D eigenvalue weighted by atomic mass is 10.1. The van der Waals surface area contributed by atoms with Crippen molar-refractivity contribution in [3.05, 3.63) is 59.7 Å². The fourth-order valence-corrected chi connectivity index (χ4v) is 2.20. The molecule has 0 unspecified atom stereocenters. The van der Waals surface area contributed by atoms with Crippen molar-refractivity contribution in [2.24, 2.45) is 0 Å². The van der Waals surface area contributed by atoms with Gasteiger partial charge in [0.15, 0.2) is 5.75 Å². The molecule has 110 valence electrons. The Labute approximate surface area is 125 Å². The third kappa shape index (κ3) is 3.54. The second-order valence-electron chi connectivity index (χ2n) is 4.89. The minimum Gasteiger partial charge on any atom is -0.494 e. The fraction of sp³-hybridized carbons (Fsp3) is 0.235. The smallest absolute Gasteiger partial charge is 0.257 e. The molecule has 0 aromatic heterocycles. The zero-order valence-corrected chi connectivity index (χ0v) is 12.4. The molecule has 2 rings (SSSR count). The number of nitrogen functional groups attached to an aromatic ring is 1. The van der Waals surface area contributed by atoms with Crippen LogP contribution in [0.2, 0.25) is 0 Å². The summed E-state index contributed by atoms with van der Waals surface area (Å²) in [5.41, 5.74) is 8.01. The predicted molar refractivity (Wildman–Crippen MR) is 84.5 cm³/mol. The Morgan fingerprint density at radius 1 is 1.14 bits per heavy atom. The molecule has 0 saturated carbocycles. The van der Waals surface area contributed by atoms with Gasteiger partial charge in [-0.15, -0.1) is 0 Å². The topological polar surface area (TPSA) is 55.6 Å². The Bertz CT molecular complexity index is 611. The maximum Gasteiger partial charge on any atom is 0.257 e. The van der Waals surface area contributed by atoms with Crippen LogP contribution in [0.1, 0.15) is 15.9 Å². The van der Waals surface area contributed by atoms with E-state index in [1.807, 2.05) is 18.2 Å². The highest BCUT2D eigenvalue weighted by Crippen LogP contribution is 2.26. The molecule has 0 saturated heterocycles. The van der Waals surface area contributed by atoms with Gasteiger partial charge < -0.3 is 15.4 Å². The molecule has 0 atom stereocenters. The number of amides is 1. The van der Waals surface area contributed by atoms with Crippen molar-refractivity contribution >= 4 is 11.6 Å². The molecule has 0 aliphatic carbocycles. The van der Waals surface area contributed by atoms with Crippen molar-refractivity contribution in [3.8, 4) is 5.75 Å². The number of para-hydroxylation sites is 1. The second-order valence-corrected chi connectivity index (χ2v) is 4.89. The number of nitrogens with zero attached hydrogens (tertiary/aromatic N) is 1. The van der Waals surface area contributed by atoms with E-state index in [2.05, 4.69) is 12.1 Å². The number of benzene rings is 2. The van der Waals surface area contributed by atoms with Crippen molar-refractivity contribution in [1.82, 2.24) is 4.90 Å². The van der Waals surface area contributed by atoms with E-state index in [1.54, 1.807) is 30.1 Å². The molecule has 0 heterocycles. The van der Waals surface area contributed by atoms with Crippen LogP contribution in [-0.2, 0) is 6.42 Å². The normalized spacial score (nSPS) is 10.2. The SMILES string of the molecule is COc1c(N)cccc1C(=O)N(C)CCc1ccccc1. The van der Waals surface area contributed by atoms with E-state index in [4.69, 9.17) is 10.5 Å². The molecular weight excluding hydrogens is 264 g/mol. The first-order chi connectivity index (χ1) is 10.1. The number of hydrogen-bond acceptors (Lipinski definition) is 3. The summed E-state index contributed by atoms with van der Waals surface area (Å²) in [6, 6.07) is 15.3. The van der Waals surface area contributed by atoms with Gasteiger partial charge in [-0.1, -0.05) is 36.4 Å². The Morgan fingerprint density at radius 2 is 1.86 bits per heavy atom. The summed E-state index contributed by atoms with van der Waals surface area (Å²) in [5.74, 6) is 0.351. The van der Waals surface area contributed by atoms with Crippen molar-refractivity contribution in [3.63, 3.8) is 0 Å². The maximum absolute atomic E-state index is 12.5. The standard InChI is InChI=1S/C17H20N2O2/c1-19(12-11-13-7-4-3-5-8-13)17(20)14-9-6-10-15(18)16(14)21-2/h3-10H,11-12,18H2,1-2H3. The van der Waals surface area contributed by atoms with Gasteiger partial charge in [0, 0.05) is 13.6 Å². The number of ether oxygens (including phenoxy) is 1. The maximum atomic E-state index is 12.5. The van der Waals surface area contributed by atoms with E-state index in [1.165, 1.54) is 12.7 Å². The van der Waals surface area contributed by atoms with Gasteiger partial charge in [-0.05, 0) is 24.1 Å². The molecule has 2 aromatic carbocycles. The molecule has 0 aliphatic heterocycles. The highest BCUT2D eigenvalue weighted by atomic mass is 16.5. The van der Waals surface area contributed by atoms with Gasteiger partial charge in [-0.3, -0.25) is 4.79 Å². The van der Waals surface area contributed by atoms with E-state index in [9.17, 15) is 4.79 Å². The Morgan fingerprint density at radius 3 is 2.52 bits per heavy atom. The van der Waals surface area contributed by atoms with E-state index in [0.29, 0.717) is 23.5 Å². The summed E-state index contributed by atoms with van der Waals surface area (Å²) in [6.45, 7) is 0.640. The van der Waals surface area contributed by atoms with Crippen LogP contribution in [0.15, 0.2) is 48.5 Å². The van der Waals surface area contributed by atoms with Crippen LogP contribution < -0.4 is 10.5 Å². The molecular formula is C17H20N2O2. The lowest BCUT2D eigenvalue weighted by molar-refractivity contribution is 0.0793. The molecule has 2 N–H and O–H groups in total. The van der Waals surface area contributed by atoms with Crippen molar-refractivity contribution < 1.29 is 9.53 Å². The lowest BCUT2D eigenvalue weighted by Crippen LogP contribution is -2.29. The summed E-state index contributed by atoms with van der Waals surface area (Å²) >= 11 is 0. The van der Waals surface area contributed by atoms with Gasteiger partial charge in [0.2, 0.25) is 0 Å². The molecule has 0 aliphatic rings. The monoisotopic (exact) mass is 284 g/mol. The highest BCUT2D eigenvalue weighted by molar-refractivity contribution is 5.98. The first kappa shape index (κ1) is 14.9. The van der Waals surface area contributed by atoms with E-state index in [-0.39, 0.29) is 5.91 Å². The van der Waals surface area contributed by atoms with E-state index >= 15 is 0 Å². The number of methoxy groups -OCH3 is 1. The van der Waals surface area contributed by atoms with Gasteiger partial charge in [0.25, 0.3) is 5.91 Å². The van der Waals surface area contributed by atoms with E-state index in [0.717, 1.165) is 6.42 Å². The van der Waals surface area contributed by atoms with Gasteiger partial charge in [0.05, 0.1) is 18.4 Å². The molecule has 0 fully saturated rings. The van der Waals surface area contributed by atoms with Crippen LogP contribution in [0, 0.1) is 0 Å². The minimum atomic E-state index is -0.0879. The summed E-state index contributed by atoms with van der Waals surface area (Å²) in [7, 11) is 3.31. The Balaban J connectivity index is 2.07. The summed E-state index contributed by atoms with van der Waals surface area (Å²) < 4.78 is 5.24. The Hall–Kier alpha value is -2.49. The van der Waals surface area contributed by atoms with Crippen LogP contribution in [0.25, 0.3) is 0 Å². The zero-order chi connectivity index (χ0) is 15.2. The first-order valence-electron chi connectivity index (χ1n) is 6.85. The Kier molecular flexibility index (Phi) is 4.82. The fourth-order valence-electron chi connectivity index (χ4n) is 2.20. The minimum absolute atomic E-state index is 0.0879. The summed E-state index contributed by atoms with van der Waals surface area (Å²) in [5, 5.41) is 0. The van der Waals surface area contributed by atoms with Crippen molar-refractivity contribution in [1.29, 1.82) is 0 Å². The first-order valence-corrected chi connectivity index (χ1v) is 6.85. The lowest BCUT2D eigenvalue weighted by Gasteiger charge is -2.19. The summed E-state index contributed by atoms with van der Waals surface area (Å²) in [6.07, 6.45) is 0.813. The average Bonchev–Trinajstić information content (AvgIpc) is 2.52. The number of nitrogens with two attached hydrogens (primary N) is 1. The van der Waals surface area contributed by atoms with Crippen molar-refractivity contribution in [2.45, 2.75) is 6.42 Å². The molecule has 0 bridgehead atoms. The third-order valence-corrected chi connectivity index (χ3v) is 3.41. The van der Waals surface area contributed by atoms with E-state index < -0.39 is 0 Å². The molecule has 2 aromatic rings. The predicted octanol–water partition coefficient (Wildman–Crippen LogP) is 2.59. The number of hydrogen-bond donors (Lipinski definition) is 1. The zero-order valence-electron chi connectivity index (χ0n) is 12.4. The number of rotatable bonds is 5. The highest BCUT2D eigenvalue weighted by Gasteiger charge is 2.17. The second kappa shape index (κ2) is 6.79. The van der Waals surface area contributed by atoms with Gasteiger partial charge in [-0.25, -0.2) is 0 Å². The largest absolute Gasteiger partial charge is 0.494 e. The van der Waals surface area contributed by atoms with Crippen molar-refractivity contribution in [2.75, 3.05) is 26.4 Å². The van der Waals surface area contributed by atoms with Gasteiger partial charge in [-0.2, -0.15) is 0 Å². The molecule has 1 amide bonds. The van der Waals surface area contributed by atoms with Crippen LogP contribution in [0.5, 0.6) is 5.75 Å². The molecule has 0 radical (unpaired) electrons. The van der Waals surface area contributed by atoms with Gasteiger partial charge >= 0.3 is 0 Å². The van der Waals surface area contributed by atoms with Gasteiger partial charge in [0.1, 0.15) is 0 Å².